The molecule has 0 radical (unpaired) electrons. The lowest BCUT2D eigenvalue weighted by Gasteiger charge is -2.33. The summed E-state index contributed by atoms with van der Waals surface area (Å²) in [4.78, 5) is 27.0. The van der Waals surface area contributed by atoms with Crippen molar-refractivity contribution in [3.8, 4) is 0 Å². The van der Waals surface area contributed by atoms with Crippen molar-refractivity contribution in [2.75, 3.05) is 13.1 Å². The highest BCUT2D eigenvalue weighted by atomic mass is 16.5. The molecule has 0 atom stereocenters. The van der Waals surface area contributed by atoms with Crippen molar-refractivity contribution < 1.29 is 19.2 Å². The molecular weight excluding hydrogens is 276 g/mol. The summed E-state index contributed by atoms with van der Waals surface area (Å²) in [6.45, 7) is 0.530. The van der Waals surface area contributed by atoms with Crippen LogP contribution in [0.1, 0.15) is 37.9 Å². The molecule has 0 spiro atoms. The Labute approximate surface area is 122 Å². The van der Waals surface area contributed by atoms with Crippen molar-refractivity contribution in [1.82, 2.24) is 20.8 Å². The molecule has 1 aliphatic rings. The highest BCUT2D eigenvalue weighted by molar-refractivity contribution is 5.78. The average molecular weight is 296 g/mol. The van der Waals surface area contributed by atoms with E-state index in [0.29, 0.717) is 31.6 Å². The van der Waals surface area contributed by atoms with Crippen molar-refractivity contribution in [3.63, 3.8) is 0 Å². The first-order valence-corrected chi connectivity index (χ1v) is 7.13. The molecule has 0 bridgehead atoms. The quantitative estimate of drug-likeness (QED) is 0.719. The van der Waals surface area contributed by atoms with Crippen molar-refractivity contribution in [1.29, 1.82) is 0 Å². The fourth-order valence-corrected chi connectivity index (χ4v) is 2.60. The molecule has 21 heavy (non-hydrogen) atoms. The number of urea groups is 1. The molecule has 1 aliphatic carbocycles. The molecule has 0 aliphatic heterocycles. The summed E-state index contributed by atoms with van der Waals surface area (Å²) in [6, 6.07) is -0.371. The van der Waals surface area contributed by atoms with Crippen molar-refractivity contribution in [3.05, 3.63) is 12.2 Å². The largest absolute Gasteiger partial charge is 0.481 e. The standard InChI is InChI=1S/C13H20N4O4/c18-11(19)13(5-2-1-3-6-13)8-15-12(20)14-7-4-10-16-9-21-17-10/h9H,1-8H2,(H,18,19)(H2,14,15,20). The van der Waals surface area contributed by atoms with E-state index < -0.39 is 11.4 Å². The summed E-state index contributed by atoms with van der Waals surface area (Å²) < 4.78 is 4.58. The molecule has 1 heterocycles. The smallest absolute Gasteiger partial charge is 0.314 e. The van der Waals surface area contributed by atoms with Crippen molar-refractivity contribution in [2.45, 2.75) is 38.5 Å². The second-order valence-electron chi connectivity index (χ2n) is 5.35. The van der Waals surface area contributed by atoms with Gasteiger partial charge in [0.15, 0.2) is 5.82 Å². The van der Waals surface area contributed by atoms with Gasteiger partial charge in [-0.05, 0) is 12.8 Å². The fraction of sp³-hybridized carbons (Fsp3) is 0.692. The van der Waals surface area contributed by atoms with Gasteiger partial charge in [-0.3, -0.25) is 4.79 Å². The Balaban J connectivity index is 1.72. The van der Waals surface area contributed by atoms with Crippen LogP contribution in [0.3, 0.4) is 0 Å². The summed E-state index contributed by atoms with van der Waals surface area (Å²) in [6.07, 6.45) is 5.78. The van der Waals surface area contributed by atoms with Crippen LogP contribution in [0.2, 0.25) is 0 Å². The predicted octanol–water partition coefficient (Wildman–Crippen LogP) is 0.946. The zero-order valence-electron chi connectivity index (χ0n) is 11.8. The lowest BCUT2D eigenvalue weighted by Crippen LogP contribution is -2.47. The van der Waals surface area contributed by atoms with Gasteiger partial charge >= 0.3 is 12.0 Å². The van der Waals surface area contributed by atoms with E-state index in [2.05, 4.69) is 25.3 Å². The van der Waals surface area contributed by atoms with Crippen LogP contribution in [-0.2, 0) is 11.2 Å². The first kappa shape index (κ1) is 15.3. The highest BCUT2D eigenvalue weighted by Crippen LogP contribution is 2.35. The number of carboxylic acid groups (broad SMARTS) is 1. The van der Waals surface area contributed by atoms with E-state index in [0.717, 1.165) is 19.3 Å². The molecule has 116 valence electrons. The Morgan fingerprint density at radius 1 is 1.29 bits per heavy atom. The molecule has 0 aromatic carbocycles. The predicted molar refractivity (Wildman–Crippen MR) is 72.6 cm³/mol. The number of aromatic nitrogens is 2. The Morgan fingerprint density at radius 2 is 2.05 bits per heavy atom. The monoisotopic (exact) mass is 296 g/mol. The second kappa shape index (κ2) is 7.05. The number of carboxylic acids is 1. The Hall–Kier alpha value is -2.12. The molecule has 1 saturated carbocycles. The lowest BCUT2D eigenvalue weighted by atomic mass is 9.74. The van der Waals surface area contributed by atoms with Crippen molar-refractivity contribution in [2.24, 2.45) is 5.41 Å². The summed E-state index contributed by atoms with van der Waals surface area (Å²) in [5.41, 5.74) is -0.816. The van der Waals surface area contributed by atoms with Crippen LogP contribution in [0.25, 0.3) is 0 Å². The van der Waals surface area contributed by atoms with Gasteiger partial charge < -0.3 is 20.3 Å². The third kappa shape index (κ3) is 4.17. The number of carbonyl (C=O) groups excluding carboxylic acids is 1. The number of rotatable bonds is 6. The summed E-state index contributed by atoms with van der Waals surface area (Å²) in [5.74, 6) is -0.307. The maximum atomic E-state index is 11.7. The first-order chi connectivity index (χ1) is 10.1. The highest BCUT2D eigenvalue weighted by Gasteiger charge is 2.39. The number of nitrogens with zero attached hydrogens (tertiary/aromatic N) is 2. The number of nitrogens with one attached hydrogen (secondary N) is 2. The molecule has 8 nitrogen and oxygen atoms in total. The van der Waals surface area contributed by atoms with Crippen LogP contribution in [0.5, 0.6) is 0 Å². The maximum absolute atomic E-state index is 11.7. The van der Waals surface area contributed by atoms with Crippen LogP contribution < -0.4 is 10.6 Å². The normalized spacial score (nSPS) is 17.1. The molecule has 1 aromatic rings. The van der Waals surface area contributed by atoms with Crippen LogP contribution in [0.15, 0.2) is 10.9 Å². The lowest BCUT2D eigenvalue weighted by molar-refractivity contribution is -0.150. The average Bonchev–Trinajstić information content (AvgIpc) is 2.99. The fourth-order valence-electron chi connectivity index (χ4n) is 2.60. The molecule has 3 N–H and O–H groups in total. The number of carbonyl (C=O) groups is 2. The van der Waals surface area contributed by atoms with Crippen LogP contribution in [-0.4, -0.2) is 40.3 Å². The van der Waals surface area contributed by atoms with Gasteiger partial charge in [0, 0.05) is 19.5 Å². The van der Waals surface area contributed by atoms with E-state index in [9.17, 15) is 14.7 Å². The number of hydrogen-bond acceptors (Lipinski definition) is 5. The number of aliphatic carboxylic acids is 1. The maximum Gasteiger partial charge on any atom is 0.314 e. The summed E-state index contributed by atoms with van der Waals surface area (Å²) >= 11 is 0. The zero-order valence-corrected chi connectivity index (χ0v) is 11.8. The van der Waals surface area contributed by atoms with Gasteiger partial charge in [-0.25, -0.2) is 4.79 Å². The van der Waals surface area contributed by atoms with E-state index in [1.54, 1.807) is 0 Å². The van der Waals surface area contributed by atoms with Gasteiger partial charge in [0.05, 0.1) is 5.41 Å². The van der Waals surface area contributed by atoms with Gasteiger partial charge in [-0.15, -0.1) is 0 Å². The molecule has 2 rings (SSSR count). The van der Waals surface area contributed by atoms with E-state index in [1.807, 2.05) is 0 Å². The number of hydrogen-bond donors (Lipinski definition) is 3. The van der Waals surface area contributed by atoms with Crippen molar-refractivity contribution >= 4 is 12.0 Å². The van der Waals surface area contributed by atoms with E-state index >= 15 is 0 Å². The van der Waals surface area contributed by atoms with Crippen LogP contribution in [0.4, 0.5) is 4.79 Å². The van der Waals surface area contributed by atoms with Gasteiger partial charge in [-0.2, -0.15) is 4.98 Å². The SMILES string of the molecule is O=C(NCCc1ncon1)NCC1(C(=O)O)CCCCC1. The second-order valence-corrected chi connectivity index (χ2v) is 5.35. The van der Waals surface area contributed by atoms with Crippen LogP contribution >= 0.6 is 0 Å². The third-order valence-corrected chi connectivity index (χ3v) is 3.89. The molecule has 2 amide bonds. The van der Waals surface area contributed by atoms with E-state index in [-0.39, 0.29) is 12.6 Å². The van der Waals surface area contributed by atoms with E-state index in [4.69, 9.17) is 0 Å². The number of amides is 2. The minimum absolute atomic E-state index is 0.163. The molecule has 1 fully saturated rings. The molecule has 8 heteroatoms. The molecule has 0 unspecified atom stereocenters. The zero-order chi connectivity index (χ0) is 15.1. The first-order valence-electron chi connectivity index (χ1n) is 7.13. The Kier molecular flexibility index (Phi) is 5.13. The Morgan fingerprint density at radius 3 is 2.67 bits per heavy atom. The summed E-state index contributed by atoms with van der Waals surface area (Å²) in [7, 11) is 0. The third-order valence-electron chi connectivity index (χ3n) is 3.89. The molecular formula is C13H20N4O4. The minimum Gasteiger partial charge on any atom is -0.481 e. The van der Waals surface area contributed by atoms with Gasteiger partial charge in [-0.1, -0.05) is 24.4 Å². The van der Waals surface area contributed by atoms with Crippen LogP contribution in [0, 0.1) is 5.41 Å². The van der Waals surface area contributed by atoms with Gasteiger partial charge in [0.1, 0.15) is 0 Å². The van der Waals surface area contributed by atoms with Gasteiger partial charge in [0.25, 0.3) is 0 Å². The Bertz CT molecular complexity index is 469. The summed E-state index contributed by atoms with van der Waals surface area (Å²) in [5, 5.41) is 18.3. The minimum atomic E-state index is -0.825. The molecule has 0 saturated heterocycles. The topological polar surface area (TPSA) is 117 Å². The van der Waals surface area contributed by atoms with Gasteiger partial charge in [0.2, 0.25) is 6.39 Å². The molecule has 1 aromatic heterocycles. The van der Waals surface area contributed by atoms with E-state index in [1.165, 1.54) is 6.39 Å².